The predicted molar refractivity (Wildman–Crippen MR) is 101 cm³/mol. The fraction of sp³-hybridized carbons (Fsp3) is 0.476. The van der Waals surface area contributed by atoms with Gasteiger partial charge in [-0.05, 0) is 38.8 Å². The summed E-state index contributed by atoms with van der Waals surface area (Å²) >= 11 is 0. The van der Waals surface area contributed by atoms with Crippen molar-refractivity contribution in [2.75, 3.05) is 19.6 Å². The maximum absolute atomic E-state index is 10.8. The van der Waals surface area contributed by atoms with Crippen LogP contribution in [-0.4, -0.2) is 47.8 Å². The van der Waals surface area contributed by atoms with Crippen LogP contribution in [0.2, 0.25) is 0 Å². The second-order valence-electron chi connectivity index (χ2n) is 6.79. The Kier molecular flexibility index (Phi) is 6.95. The maximum atomic E-state index is 10.8. The maximum Gasteiger partial charge on any atom is 0.150 e. The highest BCUT2D eigenvalue weighted by atomic mass is 16.1. The average Bonchev–Trinajstić information content (AvgIpc) is 2.58. The Balaban J connectivity index is 1.97. The first-order valence-electron chi connectivity index (χ1n) is 8.87. The molecule has 2 rings (SSSR count). The van der Waals surface area contributed by atoms with E-state index < -0.39 is 0 Å². The number of carbonyl (C=O) groups is 1. The molecule has 0 radical (unpaired) electrons. The van der Waals surface area contributed by atoms with Gasteiger partial charge in [0.15, 0.2) is 0 Å². The van der Waals surface area contributed by atoms with E-state index in [1.54, 1.807) is 0 Å². The molecule has 1 aliphatic heterocycles. The average molecular weight is 326 g/mol. The van der Waals surface area contributed by atoms with Gasteiger partial charge in [-0.3, -0.25) is 14.6 Å². The Morgan fingerprint density at radius 1 is 1.12 bits per heavy atom. The predicted octanol–water partition coefficient (Wildman–Crippen LogP) is 3.92. The van der Waals surface area contributed by atoms with E-state index >= 15 is 0 Å². The Hall–Kier alpha value is -1.71. The number of hydrogen-bond acceptors (Lipinski definition) is 3. The van der Waals surface area contributed by atoms with Crippen molar-refractivity contribution in [1.29, 1.82) is 0 Å². The van der Waals surface area contributed by atoms with Crippen LogP contribution in [0, 0.1) is 0 Å². The second kappa shape index (κ2) is 8.95. The molecular weight excluding hydrogens is 296 g/mol. The number of nitrogens with zero attached hydrogens (tertiary/aromatic N) is 2. The van der Waals surface area contributed by atoms with Crippen LogP contribution in [0.5, 0.6) is 0 Å². The zero-order valence-electron chi connectivity index (χ0n) is 15.4. The molecule has 0 bridgehead atoms. The first-order chi connectivity index (χ1) is 11.6. The summed E-state index contributed by atoms with van der Waals surface area (Å²) in [5.41, 5.74) is 3.40. The van der Waals surface area contributed by atoms with Crippen molar-refractivity contribution in [3.8, 4) is 0 Å². The molecule has 24 heavy (non-hydrogen) atoms. The van der Waals surface area contributed by atoms with Gasteiger partial charge in [-0.25, -0.2) is 0 Å². The number of piperazine rings is 1. The van der Waals surface area contributed by atoms with Crippen LogP contribution in [0.4, 0.5) is 0 Å². The fourth-order valence-electron chi connectivity index (χ4n) is 3.53. The van der Waals surface area contributed by atoms with E-state index in [1.165, 1.54) is 11.1 Å². The summed E-state index contributed by atoms with van der Waals surface area (Å²) in [6.45, 7) is 13.0. The lowest BCUT2D eigenvalue weighted by atomic mass is 10.0. The SMILES string of the molecule is C/C=C\C(=C/C)CN1C(C)CN(Cc2ccc(C=O)cc2)CC1C. The van der Waals surface area contributed by atoms with Gasteiger partial charge in [-0.2, -0.15) is 0 Å². The second-order valence-corrected chi connectivity index (χ2v) is 6.79. The van der Waals surface area contributed by atoms with E-state index in [0.29, 0.717) is 12.1 Å². The van der Waals surface area contributed by atoms with Crippen molar-refractivity contribution in [3.63, 3.8) is 0 Å². The van der Waals surface area contributed by atoms with Gasteiger partial charge in [0.2, 0.25) is 0 Å². The van der Waals surface area contributed by atoms with Gasteiger partial charge in [0, 0.05) is 43.8 Å². The van der Waals surface area contributed by atoms with Crippen LogP contribution in [-0.2, 0) is 6.54 Å². The van der Waals surface area contributed by atoms with Crippen molar-refractivity contribution < 1.29 is 4.79 Å². The Morgan fingerprint density at radius 3 is 2.25 bits per heavy atom. The first-order valence-corrected chi connectivity index (χ1v) is 8.87. The third kappa shape index (κ3) is 4.89. The number of hydrogen-bond donors (Lipinski definition) is 0. The molecule has 1 saturated heterocycles. The molecule has 0 spiro atoms. The van der Waals surface area contributed by atoms with Gasteiger partial charge in [0.05, 0.1) is 0 Å². The van der Waals surface area contributed by atoms with E-state index in [4.69, 9.17) is 0 Å². The Morgan fingerprint density at radius 2 is 1.75 bits per heavy atom. The van der Waals surface area contributed by atoms with Crippen molar-refractivity contribution in [2.45, 2.75) is 46.3 Å². The monoisotopic (exact) mass is 326 g/mol. The summed E-state index contributed by atoms with van der Waals surface area (Å²) in [6, 6.07) is 9.00. The molecule has 2 atom stereocenters. The molecule has 1 fully saturated rings. The zero-order chi connectivity index (χ0) is 17.5. The molecule has 1 aliphatic rings. The standard InChI is InChI=1S/C21H30N2O/c1-5-7-19(6-2)15-23-17(3)12-22(13-18(23)4)14-20-8-10-21(16-24)11-9-20/h5-11,16-18H,12-15H2,1-4H3/b7-5-,19-6+. The van der Waals surface area contributed by atoms with Gasteiger partial charge in [-0.15, -0.1) is 0 Å². The van der Waals surface area contributed by atoms with Crippen LogP contribution >= 0.6 is 0 Å². The van der Waals surface area contributed by atoms with E-state index in [1.807, 2.05) is 12.1 Å². The molecule has 1 aromatic carbocycles. The van der Waals surface area contributed by atoms with Crippen LogP contribution in [0.15, 0.2) is 48.1 Å². The van der Waals surface area contributed by atoms with Crippen molar-refractivity contribution >= 4 is 6.29 Å². The number of rotatable bonds is 6. The quantitative estimate of drug-likeness (QED) is 0.585. The summed E-state index contributed by atoms with van der Waals surface area (Å²) in [6.07, 6.45) is 7.43. The van der Waals surface area contributed by atoms with Crippen molar-refractivity contribution in [1.82, 2.24) is 9.80 Å². The topological polar surface area (TPSA) is 23.6 Å². The normalized spacial score (nSPS) is 23.8. The van der Waals surface area contributed by atoms with Crippen LogP contribution in [0.25, 0.3) is 0 Å². The van der Waals surface area contributed by atoms with E-state index in [9.17, 15) is 4.79 Å². The number of allylic oxidation sites excluding steroid dienone is 2. The summed E-state index contributed by atoms with van der Waals surface area (Å²) in [7, 11) is 0. The molecule has 1 aromatic rings. The fourth-order valence-corrected chi connectivity index (χ4v) is 3.53. The lowest BCUT2D eigenvalue weighted by Crippen LogP contribution is -2.56. The molecule has 0 aliphatic carbocycles. The Bertz CT molecular complexity index is 576. The van der Waals surface area contributed by atoms with Crippen LogP contribution in [0.1, 0.15) is 43.6 Å². The smallest absolute Gasteiger partial charge is 0.150 e. The highest BCUT2D eigenvalue weighted by Gasteiger charge is 2.29. The minimum absolute atomic E-state index is 0.531. The summed E-state index contributed by atoms with van der Waals surface area (Å²) in [4.78, 5) is 15.9. The minimum Gasteiger partial charge on any atom is -0.298 e. The van der Waals surface area contributed by atoms with Gasteiger partial charge in [0.1, 0.15) is 6.29 Å². The zero-order valence-corrected chi connectivity index (χ0v) is 15.4. The lowest BCUT2D eigenvalue weighted by Gasteiger charge is -2.44. The Labute approximate surface area is 146 Å². The van der Waals surface area contributed by atoms with Crippen molar-refractivity contribution in [3.05, 3.63) is 59.2 Å². The lowest BCUT2D eigenvalue weighted by molar-refractivity contribution is 0.0426. The van der Waals surface area contributed by atoms with E-state index in [0.717, 1.165) is 38.0 Å². The molecule has 0 aromatic heterocycles. The van der Waals surface area contributed by atoms with Gasteiger partial charge < -0.3 is 0 Å². The van der Waals surface area contributed by atoms with Crippen LogP contribution in [0.3, 0.4) is 0 Å². The van der Waals surface area contributed by atoms with Gasteiger partial charge in [-0.1, -0.05) is 42.5 Å². The molecule has 0 saturated carbocycles. The molecule has 2 unspecified atom stereocenters. The van der Waals surface area contributed by atoms with Crippen molar-refractivity contribution in [2.24, 2.45) is 0 Å². The third-order valence-electron chi connectivity index (χ3n) is 4.82. The highest BCUT2D eigenvalue weighted by Crippen LogP contribution is 2.20. The molecule has 0 amide bonds. The molecule has 1 heterocycles. The third-order valence-corrected chi connectivity index (χ3v) is 4.82. The number of benzene rings is 1. The minimum atomic E-state index is 0.531. The first kappa shape index (κ1) is 18.6. The van der Waals surface area contributed by atoms with Crippen LogP contribution < -0.4 is 0 Å². The number of aldehydes is 1. The molecule has 130 valence electrons. The highest BCUT2D eigenvalue weighted by molar-refractivity contribution is 5.74. The summed E-state index contributed by atoms with van der Waals surface area (Å²) in [5.74, 6) is 0. The molecule has 3 heteroatoms. The molecular formula is C21H30N2O. The van der Waals surface area contributed by atoms with E-state index in [2.05, 4.69) is 67.9 Å². The molecule has 3 nitrogen and oxygen atoms in total. The van der Waals surface area contributed by atoms with E-state index in [-0.39, 0.29) is 0 Å². The summed E-state index contributed by atoms with van der Waals surface area (Å²) in [5, 5.41) is 0. The number of carbonyl (C=O) groups excluding carboxylic acids is 1. The largest absolute Gasteiger partial charge is 0.298 e. The molecule has 0 N–H and O–H groups in total. The summed E-state index contributed by atoms with van der Waals surface area (Å²) < 4.78 is 0. The van der Waals surface area contributed by atoms with Gasteiger partial charge >= 0.3 is 0 Å². The van der Waals surface area contributed by atoms with Gasteiger partial charge in [0.25, 0.3) is 0 Å².